The number of hydrogen-bond acceptors (Lipinski definition) is 0. The summed E-state index contributed by atoms with van der Waals surface area (Å²) in [6.45, 7) is 8.71. The second-order valence-corrected chi connectivity index (χ2v) is 5.12. The van der Waals surface area contributed by atoms with Crippen LogP contribution in [0.5, 0.6) is 0 Å². The minimum atomic E-state index is 0.234. The summed E-state index contributed by atoms with van der Waals surface area (Å²) in [7, 11) is 0. The first-order valence-electron chi connectivity index (χ1n) is 5.76. The number of alkyl halides is 1. The second kappa shape index (κ2) is 5.55. The number of benzene rings is 1. The average Bonchev–Trinajstić information content (AvgIpc) is 2.21. The Labute approximate surface area is 98.7 Å². The van der Waals surface area contributed by atoms with E-state index in [2.05, 4.69) is 52.0 Å². The topological polar surface area (TPSA) is 0 Å². The van der Waals surface area contributed by atoms with Crippen LogP contribution in [-0.2, 0) is 0 Å². The highest BCUT2D eigenvalue weighted by Crippen LogP contribution is 2.31. The van der Waals surface area contributed by atoms with Gasteiger partial charge in [0.15, 0.2) is 0 Å². The third-order valence-corrected chi connectivity index (χ3v) is 3.77. The fourth-order valence-electron chi connectivity index (χ4n) is 1.92. The molecular formula is C14H21Cl. The minimum absolute atomic E-state index is 0.234. The highest BCUT2D eigenvalue weighted by atomic mass is 35.5. The van der Waals surface area contributed by atoms with Gasteiger partial charge in [-0.05, 0) is 24.8 Å². The molecule has 0 fully saturated rings. The third-order valence-electron chi connectivity index (χ3n) is 2.97. The van der Waals surface area contributed by atoms with Gasteiger partial charge in [-0.1, -0.05) is 50.6 Å². The average molecular weight is 225 g/mol. The lowest BCUT2D eigenvalue weighted by atomic mass is 9.87. The van der Waals surface area contributed by atoms with Crippen LogP contribution >= 0.6 is 11.6 Å². The van der Waals surface area contributed by atoms with Crippen molar-refractivity contribution < 1.29 is 0 Å². The first kappa shape index (κ1) is 12.6. The lowest BCUT2D eigenvalue weighted by Crippen LogP contribution is -2.18. The van der Waals surface area contributed by atoms with E-state index in [4.69, 9.17) is 11.6 Å². The molecule has 0 saturated carbocycles. The van der Waals surface area contributed by atoms with E-state index in [1.807, 2.05) is 0 Å². The molecule has 2 atom stereocenters. The van der Waals surface area contributed by atoms with Gasteiger partial charge >= 0.3 is 0 Å². The van der Waals surface area contributed by atoms with Gasteiger partial charge in [0.2, 0.25) is 0 Å². The summed E-state index contributed by atoms with van der Waals surface area (Å²) in [5, 5.41) is 0.234. The molecule has 2 unspecified atom stereocenters. The molecule has 1 aromatic rings. The largest absolute Gasteiger partial charge is 0.122 e. The molecule has 0 aliphatic heterocycles. The Morgan fingerprint density at radius 3 is 2.07 bits per heavy atom. The van der Waals surface area contributed by atoms with Crippen LogP contribution in [0.1, 0.15) is 44.2 Å². The quantitative estimate of drug-likeness (QED) is 0.648. The summed E-state index contributed by atoms with van der Waals surface area (Å²) >= 11 is 6.46. The molecule has 0 saturated heterocycles. The van der Waals surface area contributed by atoms with Crippen molar-refractivity contribution >= 4 is 11.6 Å². The summed E-state index contributed by atoms with van der Waals surface area (Å²) in [5.41, 5.74) is 2.68. The molecule has 0 aliphatic rings. The molecule has 1 heteroatoms. The van der Waals surface area contributed by atoms with Crippen molar-refractivity contribution in [3.63, 3.8) is 0 Å². The van der Waals surface area contributed by atoms with E-state index in [0.29, 0.717) is 11.8 Å². The molecule has 0 radical (unpaired) electrons. The maximum absolute atomic E-state index is 6.46. The van der Waals surface area contributed by atoms with E-state index in [0.717, 1.165) is 6.42 Å². The van der Waals surface area contributed by atoms with Crippen LogP contribution < -0.4 is 0 Å². The maximum Gasteiger partial charge on any atom is 0.0427 e. The Hall–Kier alpha value is -0.490. The van der Waals surface area contributed by atoms with E-state index >= 15 is 0 Å². The Morgan fingerprint density at radius 1 is 1.13 bits per heavy atom. The van der Waals surface area contributed by atoms with Gasteiger partial charge in [-0.2, -0.15) is 0 Å². The summed E-state index contributed by atoms with van der Waals surface area (Å²) in [6, 6.07) is 8.76. The van der Waals surface area contributed by atoms with Gasteiger partial charge in [0, 0.05) is 11.3 Å². The maximum atomic E-state index is 6.46. The standard InChI is InChI=1S/C14H21Cl/c1-5-13(14(15)10(2)3)12-8-6-11(4)7-9-12/h6-10,13-14H,5H2,1-4H3. The van der Waals surface area contributed by atoms with Gasteiger partial charge in [0.1, 0.15) is 0 Å². The van der Waals surface area contributed by atoms with Gasteiger partial charge in [-0.3, -0.25) is 0 Å². The first-order valence-corrected chi connectivity index (χ1v) is 6.20. The molecule has 0 spiro atoms. The van der Waals surface area contributed by atoms with Crippen molar-refractivity contribution in [2.24, 2.45) is 5.92 Å². The SMILES string of the molecule is CCC(c1ccc(C)cc1)C(Cl)C(C)C. The Balaban J connectivity index is 2.87. The fourth-order valence-corrected chi connectivity index (χ4v) is 2.25. The molecule has 0 N–H and O–H groups in total. The number of aryl methyl sites for hydroxylation is 1. The van der Waals surface area contributed by atoms with Crippen LogP contribution in [0.2, 0.25) is 0 Å². The van der Waals surface area contributed by atoms with Gasteiger partial charge in [0.25, 0.3) is 0 Å². The summed E-state index contributed by atoms with van der Waals surface area (Å²) in [5.74, 6) is 1.00. The fraction of sp³-hybridized carbons (Fsp3) is 0.571. The molecule has 0 aromatic heterocycles. The summed E-state index contributed by atoms with van der Waals surface area (Å²) < 4.78 is 0. The van der Waals surface area contributed by atoms with Crippen molar-refractivity contribution in [1.82, 2.24) is 0 Å². The number of halogens is 1. The smallest absolute Gasteiger partial charge is 0.0427 e. The van der Waals surface area contributed by atoms with Gasteiger partial charge in [0.05, 0.1) is 0 Å². The van der Waals surface area contributed by atoms with Gasteiger partial charge in [-0.15, -0.1) is 11.6 Å². The number of hydrogen-bond donors (Lipinski definition) is 0. The van der Waals surface area contributed by atoms with Crippen LogP contribution in [0.15, 0.2) is 24.3 Å². The van der Waals surface area contributed by atoms with Crippen molar-refractivity contribution in [3.8, 4) is 0 Å². The highest BCUT2D eigenvalue weighted by Gasteiger charge is 2.22. The summed E-state index contributed by atoms with van der Waals surface area (Å²) in [6.07, 6.45) is 1.11. The van der Waals surface area contributed by atoms with E-state index < -0.39 is 0 Å². The van der Waals surface area contributed by atoms with Gasteiger partial charge in [-0.25, -0.2) is 0 Å². The van der Waals surface area contributed by atoms with Crippen LogP contribution in [0.4, 0.5) is 0 Å². The molecule has 1 aromatic carbocycles. The molecule has 0 heterocycles. The lowest BCUT2D eigenvalue weighted by Gasteiger charge is -2.24. The van der Waals surface area contributed by atoms with Crippen LogP contribution in [0.25, 0.3) is 0 Å². The number of rotatable bonds is 4. The lowest BCUT2D eigenvalue weighted by molar-refractivity contribution is 0.499. The molecule has 15 heavy (non-hydrogen) atoms. The van der Waals surface area contributed by atoms with Crippen LogP contribution in [0.3, 0.4) is 0 Å². The molecule has 0 amide bonds. The second-order valence-electron chi connectivity index (χ2n) is 4.61. The van der Waals surface area contributed by atoms with E-state index in [9.17, 15) is 0 Å². The van der Waals surface area contributed by atoms with Crippen LogP contribution in [0, 0.1) is 12.8 Å². The van der Waals surface area contributed by atoms with Gasteiger partial charge < -0.3 is 0 Å². The zero-order valence-corrected chi connectivity index (χ0v) is 10.9. The van der Waals surface area contributed by atoms with Crippen molar-refractivity contribution in [2.75, 3.05) is 0 Å². The van der Waals surface area contributed by atoms with E-state index in [-0.39, 0.29) is 5.38 Å². The third kappa shape index (κ3) is 3.24. The predicted octanol–water partition coefficient (Wildman–Crippen LogP) is 4.75. The van der Waals surface area contributed by atoms with Crippen LogP contribution in [-0.4, -0.2) is 5.38 Å². The zero-order valence-electron chi connectivity index (χ0n) is 10.1. The summed E-state index contributed by atoms with van der Waals surface area (Å²) in [4.78, 5) is 0. The minimum Gasteiger partial charge on any atom is -0.122 e. The van der Waals surface area contributed by atoms with E-state index in [1.54, 1.807) is 0 Å². The Kier molecular flexibility index (Phi) is 4.66. The molecule has 0 bridgehead atoms. The Morgan fingerprint density at radius 2 is 1.67 bits per heavy atom. The van der Waals surface area contributed by atoms with Crippen molar-refractivity contribution in [1.29, 1.82) is 0 Å². The zero-order chi connectivity index (χ0) is 11.4. The van der Waals surface area contributed by atoms with Crippen molar-refractivity contribution in [3.05, 3.63) is 35.4 Å². The predicted molar refractivity (Wildman–Crippen MR) is 68.7 cm³/mol. The molecule has 84 valence electrons. The van der Waals surface area contributed by atoms with Crippen molar-refractivity contribution in [2.45, 2.75) is 45.4 Å². The first-order chi connectivity index (χ1) is 7.06. The molecule has 0 aliphatic carbocycles. The molecular weight excluding hydrogens is 204 g/mol. The monoisotopic (exact) mass is 224 g/mol. The highest BCUT2D eigenvalue weighted by molar-refractivity contribution is 6.21. The Bertz CT molecular complexity index is 287. The van der Waals surface area contributed by atoms with E-state index in [1.165, 1.54) is 11.1 Å². The normalized spacial score (nSPS) is 15.3. The molecule has 1 rings (SSSR count). The molecule has 0 nitrogen and oxygen atoms in total.